The summed E-state index contributed by atoms with van der Waals surface area (Å²) in [5.74, 6) is 2.65. The lowest BCUT2D eigenvalue weighted by Gasteiger charge is -2.17. The van der Waals surface area contributed by atoms with Gasteiger partial charge < -0.3 is 29.6 Å². The molecule has 0 aliphatic carbocycles. The van der Waals surface area contributed by atoms with Crippen molar-refractivity contribution >= 4 is 17.4 Å². The molecule has 8 heteroatoms. The topological polar surface area (TPSA) is 90.9 Å². The molecule has 1 atom stereocenters. The van der Waals surface area contributed by atoms with Crippen LogP contribution in [0.15, 0.2) is 79.0 Å². The molecule has 1 unspecified atom stereocenters. The lowest BCUT2D eigenvalue weighted by atomic mass is 10.1. The Hall–Kier alpha value is -4.72. The van der Waals surface area contributed by atoms with Crippen molar-refractivity contribution in [2.75, 3.05) is 26.6 Å². The number of nitrogens with one attached hydrogen (secondary N) is 2. The van der Waals surface area contributed by atoms with Crippen LogP contribution >= 0.6 is 0 Å². The summed E-state index contributed by atoms with van der Waals surface area (Å²) in [5.41, 5.74) is 4.41. The number of ether oxygens (including phenoxy) is 4. The summed E-state index contributed by atoms with van der Waals surface area (Å²) >= 11 is 0. The SMILES string of the molecule is COc1cc(Nc2cc(OC(C)c3cccc(C(=O)NCc4ccc(C)cc4)c3)ccn2)cc(OC)c1OC. The summed E-state index contributed by atoms with van der Waals surface area (Å²) in [5, 5.41) is 6.24. The van der Waals surface area contributed by atoms with Gasteiger partial charge in [0.1, 0.15) is 17.7 Å². The Bertz CT molecular complexity index is 1400. The van der Waals surface area contributed by atoms with E-state index in [0.29, 0.717) is 46.6 Å². The van der Waals surface area contributed by atoms with Crippen molar-refractivity contribution in [1.29, 1.82) is 0 Å². The van der Waals surface area contributed by atoms with Crippen molar-refractivity contribution in [2.45, 2.75) is 26.5 Å². The van der Waals surface area contributed by atoms with Crippen LogP contribution in [0.2, 0.25) is 0 Å². The third-order valence-electron chi connectivity index (χ3n) is 6.17. The minimum absolute atomic E-state index is 0.134. The second-order valence-electron chi connectivity index (χ2n) is 8.97. The highest BCUT2D eigenvalue weighted by Crippen LogP contribution is 2.40. The first-order valence-corrected chi connectivity index (χ1v) is 12.5. The van der Waals surface area contributed by atoms with Gasteiger partial charge in [0.25, 0.3) is 5.91 Å². The molecule has 0 radical (unpaired) electrons. The number of hydrogen-bond donors (Lipinski definition) is 2. The highest BCUT2D eigenvalue weighted by Gasteiger charge is 2.15. The van der Waals surface area contributed by atoms with E-state index >= 15 is 0 Å². The quantitative estimate of drug-likeness (QED) is 0.239. The number of methoxy groups -OCH3 is 3. The molecular weight excluding hydrogens is 494 g/mol. The van der Waals surface area contributed by atoms with Crippen molar-refractivity contribution in [1.82, 2.24) is 10.3 Å². The van der Waals surface area contributed by atoms with Crippen molar-refractivity contribution in [3.8, 4) is 23.0 Å². The number of carbonyl (C=O) groups excluding carboxylic acids is 1. The fourth-order valence-corrected chi connectivity index (χ4v) is 4.05. The minimum atomic E-state index is -0.300. The van der Waals surface area contributed by atoms with Crippen LogP contribution in [0, 0.1) is 6.92 Å². The third-order valence-corrected chi connectivity index (χ3v) is 6.17. The second kappa shape index (κ2) is 12.7. The molecule has 2 N–H and O–H groups in total. The summed E-state index contributed by atoms with van der Waals surface area (Å²) in [6.45, 7) is 4.44. The highest BCUT2D eigenvalue weighted by molar-refractivity contribution is 5.94. The Labute approximate surface area is 228 Å². The minimum Gasteiger partial charge on any atom is -0.493 e. The summed E-state index contributed by atoms with van der Waals surface area (Å²) in [4.78, 5) is 17.2. The molecule has 4 rings (SSSR count). The Morgan fingerprint density at radius 1 is 0.897 bits per heavy atom. The maximum Gasteiger partial charge on any atom is 0.251 e. The van der Waals surface area contributed by atoms with Crippen LogP contribution in [0.1, 0.15) is 40.1 Å². The van der Waals surface area contributed by atoms with Gasteiger partial charge in [-0.3, -0.25) is 4.79 Å². The number of amides is 1. The molecule has 0 spiro atoms. The van der Waals surface area contributed by atoms with Gasteiger partial charge in [-0.25, -0.2) is 4.98 Å². The standard InChI is InChI=1S/C31H33N3O5/c1-20-9-11-22(12-10-20)19-33-31(35)24-8-6-7-23(15-24)21(2)39-26-13-14-32-29(18-26)34-25-16-27(36-3)30(38-5)28(17-25)37-4/h6-18,21H,19H2,1-5H3,(H,32,34)(H,33,35). The molecule has 4 aromatic rings. The molecule has 0 aliphatic heterocycles. The van der Waals surface area contributed by atoms with E-state index in [4.69, 9.17) is 18.9 Å². The van der Waals surface area contributed by atoms with E-state index in [2.05, 4.69) is 15.6 Å². The zero-order chi connectivity index (χ0) is 27.8. The maximum absolute atomic E-state index is 12.8. The van der Waals surface area contributed by atoms with E-state index in [1.54, 1.807) is 57.9 Å². The predicted octanol–water partition coefficient (Wildman–Crippen LogP) is 6.23. The van der Waals surface area contributed by atoms with E-state index in [1.807, 2.05) is 56.3 Å². The van der Waals surface area contributed by atoms with Gasteiger partial charge in [0.15, 0.2) is 11.5 Å². The molecule has 8 nitrogen and oxygen atoms in total. The van der Waals surface area contributed by atoms with Gasteiger partial charge in [-0.1, -0.05) is 42.0 Å². The third kappa shape index (κ3) is 6.98. The summed E-state index contributed by atoms with van der Waals surface area (Å²) in [6.07, 6.45) is 1.36. The van der Waals surface area contributed by atoms with Gasteiger partial charge in [0.2, 0.25) is 5.75 Å². The van der Waals surface area contributed by atoms with Crippen LogP contribution < -0.4 is 29.6 Å². The number of anilines is 2. The van der Waals surface area contributed by atoms with Crippen LogP contribution in [0.4, 0.5) is 11.5 Å². The largest absolute Gasteiger partial charge is 0.493 e. The number of aryl methyl sites for hydroxylation is 1. The Balaban J connectivity index is 1.42. The molecule has 1 amide bonds. The monoisotopic (exact) mass is 527 g/mol. The summed E-state index contributed by atoms with van der Waals surface area (Å²) in [7, 11) is 4.69. The number of carbonyl (C=O) groups is 1. The Morgan fingerprint density at radius 2 is 1.62 bits per heavy atom. The number of benzene rings is 3. The first kappa shape index (κ1) is 27.3. The van der Waals surface area contributed by atoms with Crippen molar-refractivity contribution in [3.05, 3.63) is 101 Å². The molecule has 0 aliphatic rings. The predicted molar refractivity (Wildman–Crippen MR) is 151 cm³/mol. The average molecular weight is 528 g/mol. The van der Waals surface area contributed by atoms with E-state index in [-0.39, 0.29) is 12.0 Å². The van der Waals surface area contributed by atoms with Crippen molar-refractivity contribution < 1.29 is 23.7 Å². The highest BCUT2D eigenvalue weighted by atomic mass is 16.5. The van der Waals surface area contributed by atoms with Crippen LogP contribution in [-0.4, -0.2) is 32.2 Å². The van der Waals surface area contributed by atoms with E-state index in [9.17, 15) is 4.79 Å². The number of hydrogen-bond acceptors (Lipinski definition) is 7. The molecule has 0 saturated carbocycles. The Morgan fingerprint density at radius 3 is 2.28 bits per heavy atom. The fraction of sp³-hybridized carbons (Fsp3) is 0.226. The van der Waals surface area contributed by atoms with Gasteiger partial charge in [-0.05, 0) is 43.2 Å². The molecule has 0 bridgehead atoms. The molecule has 1 heterocycles. The number of rotatable bonds is 11. The molecule has 0 saturated heterocycles. The number of aromatic nitrogens is 1. The van der Waals surface area contributed by atoms with E-state index < -0.39 is 0 Å². The Kier molecular flexibility index (Phi) is 8.89. The van der Waals surface area contributed by atoms with Crippen molar-refractivity contribution in [3.63, 3.8) is 0 Å². The zero-order valence-electron chi connectivity index (χ0n) is 22.8. The molecule has 3 aromatic carbocycles. The second-order valence-corrected chi connectivity index (χ2v) is 8.97. The first-order valence-electron chi connectivity index (χ1n) is 12.5. The normalized spacial score (nSPS) is 11.3. The molecule has 0 fully saturated rings. The number of nitrogens with zero attached hydrogens (tertiary/aromatic N) is 1. The van der Waals surface area contributed by atoms with Crippen LogP contribution in [0.5, 0.6) is 23.0 Å². The molecule has 39 heavy (non-hydrogen) atoms. The summed E-state index contributed by atoms with van der Waals surface area (Å²) < 4.78 is 22.5. The van der Waals surface area contributed by atoms with Gasteiger partial charge in [0, 0.05) is 42.2 Å². The van der Waals surface area contributed by atoms with Crippen LogP contribution in [0.3, 0.4) is 0 Å². The van der Waals surface area contributed by atoms with E-state index in [0.717, 1.165) is 11.1 Å². The van der Waals surface area contributed by atoms with Gasteiger partial charge >= 0.3 is 0 Å². The number of pyridine rings is 1. The van der Waals surface area contributed by atoms with E-state index in [1.165, 1.54) is 5.56 Å². The fourth-order valence-electron chi connectivity index (χ4n) is 4.05. The maximum atomic E-state index is 12.8. The zero-order valence-corrected chi connectivity index (χ0v) is 22.8. The molecular formula is C31H33N3O5. The average Bonchev–Trinajstić information content (AvgIpc) is 2.96. The van der Waals surface area contributed by atoms with Gasteiger partial charge in [-0.15, -0.1) is 0 Å². The first-order chi connectivity index (χ1) is 18.9. The summed E-state index contributed by atoms with van der Waals surface area (Å²) in [6, 6.07) is 22.7. The lowest BCUT2D eigenvalue weighted by molar-refractivity contribution is 0.0950. The smallest absolute Gasteiger partial charge is 0.251 e. The van der Waals surface area contributed by atoms with Crippen LogP contribution in [0.25, 0.3) is 0 Å². The molecule has 1 aromatic heterocycles. The lowest BCUT2D eigenvalue weighted by Crippen LogP contribution is -2.23. The van der Waals surface area contributed by atoms with Crippen LogP contribution in [-0.2, 0) is 6.54 Å². The molecule has 202 valence electrons. The van der Waals surface area contributed by atoms with Crippen molar-refractivity contribution in [2.24, 2.45) is 0 Å². The van der Waals surface area contributed by atoms with Gasteiger partial charge in [-0.2, -0.15) is 0 Å². The van der Waals surface area contributed by atoms with Gasteiger partial charge in [0.05, 0.1) is 21.3 Å².